The number of benzene rings is 1. The van der Waals surface area contributed by atoms with E-state index in [0.717, 1.165) is 18.8 Å². The fourth-order valence-corrected chi connectivity index (χ4v) is 2.34. The molecule has 7 heteroatoms. The van der Waals surface area contributed by atoms with Crippen LogP contribution < -0.4 is 4.90 Å². The molecule has 114 valence electrons. The van der Waals surface area contributed by atoms with E-state index >= 15 is 0 Å². The van der Waals surface area contributed by atoms with Gasteiger partial charge in [0.1, 0.15) is 6.10 Å². The minimum Gasteiger partial charge on any atom is -0.390 e. The smallest absolute Gasteiger partial charge is 0.105 e. The van der Waals surface area contributed by atoms with E-state index in [1.165, 1.54) is 0 Å². The first kappa shape index (κ1) is 15.6. The standard InChI is InChI=1S/C14H20N4O3/c15-17-16-5-4-13(19)14(20)11-2-1-3-12(10-11)18-6-8-21-9-7-18/h1-3,10,13-14,19-20H,4-9H2. The average Bonchev–Trinajstić information content (AvgIpc) is 2.55. The highest BCUT2D eigenvalue weighted by Crippen LogP contribution is 2.24. The van der Waals surface area contributed by atoms with Crippen LogP contribution in [0.15, 0.2) is 29.4 Å². The lowest BCUT2D eigenvalue weighted by Crippen LogP contribution is -2.36. The predicted molar refractivity (Wildman–Crippen MR) is 79.1 cm³/mol. The Balaban J connectivity index is 2.03. The van der Waals surface area contributed by atoms with Gasteiger partial charge in [-0.25, -0.2) is 0 Å². The second kappa shape index (κ2) is 7.85. The van der Waals surface area contributed by atoms with Crippen LogP contribution in [0.25, 0.3) is 10.4 Å². The molecule has 0 bridgehead atoms. The molecular weight excluding hydrogens is 272 g/mol. The summed E-state index contributed by atoms with van der Waals surface area (Å²) in [5, 5.41) is 23.5. The zero-order valence-electron chi connectivity index (χ0n) is 11.8. The van der Waals surface area contributed by atoms with Crippen molar-refractivity contribution in [2.75, 3.05) is 37.7 Å². The van der Waals surface area contributed by atoms with Gasteiger partial charge in [-0.3, -0.25) is 0 Å². The maximum absolute atomic E-state index is 10.2. The highest BCUT2D eigenvalue weighted by molar-refractivity contribution is 5.49. The van der Waals surface area contributed by atoms with Crippen molar-refractivity contribution in [3.8, 4) is 0 Å². The molecule has 2 N–H and O–H groups in total. The summed E-state index contributed by atoms with van der Waals surface area (Å²) in [6.45, 7) is 3.19. The van der Waals surface area contributed by atoms with Crippen LogP contribution in [0, 0.1) is 0 Å². The highest BCUT2D eigenvalue weighted by Gasteiger charge is 2.19. The van der Waals surface area contributed by atoms with Crippen LogP contribution in [-0.2, 0) is 4.74 Å². The van der Waals surface area contributed by atoms with E-state index in [1.807, 2.05) is 18.2 Å². The molecule has 1 aliphatic rings. The molecule has 1 aliphatic heterocycles. The van der Waals surface area contributed by atoms with E-state index in [0.29, 0.717) is 18.8 Å². The van der Waals surface area contributed by atoms with Crippen LogP contribution in [0.2, 0.25) is 0 Å². The summed E-state index contributed by atoms with van der Waals surface area (Å²) in [5.74, 6) is 0. The van der Waals surface area contributed by atoms with Crippen molar-refractivity contribution in [2.45, 2.75) is 18.6 Å². The first-order chi connectivity index (χ1) is 10.2. The summed E-state index contributed by atoms with van der Waals surface area (Å²) in [4.78, 5) is 4.82. The molecule has 2 unspecified atom stereocenters. The molecule has 1 heterocycles. The van der Waals surface area contributed by atoms with Crippen LogP contribution in [-0.4, -0.2) is 49.2 Å². The average molecular weight is 292 g/mol. The van der Waals surface area contributed by atoms with E-state index in [2.05, 4.69) is 14.9 Å². The summed E-state index contributed by atoms with van der Waals surface area (Å²) in [7, 11) is 0. The van der Waals surface area contributed by atoms with Crippen molar-refractivity contribution in [2.24, 2.45) is 5.11 Å². The van der Waals surface area contributed by atoms with Gasteiger partial charge in [-0.1, -0.05) is 17.2 Å². The van der Waals surface area contributed by atoms with Gasteiger partial charge in [-0.15, -0.1) is 0 Å². The van der Waals surface area contributed by atoms with Crippen LogP contribution >= 0.6 is 0 Å². The number of aliphatic hydroxyl groups is 2. The van der Waals surface area contributed by atoms with Gasteiger partial charge in [0.2, 0.25) is 0 Å². The Kier molecular flexibility index (Phi) is 5.83. The zero-order valence-corrected chi connectivity index (χ0v) is 11.8. The molecule has 0 aromatic heterocycles. The number of hydrogen-bond donors (Lipinski definition) is 2. The molecule has 2 atom stereocenters. The monoisotopic (exact) mass is 292 g/mol. The number of azide groups is 1. The van der Waals surface area contributed by atoms with Crippen molar-refractivity contribution < 1.29 is 14.9 Å². The quantitative estimate of drug-likeness (QED) is 0.472. The molecule has 1 fully saturated rings. The third-order valence-electron chi connectivity index (χ3n) is 3.54. The lowest BCUT2D eigenvalue weighted by atomic mass is 10.0. The minimum atomic E-state index is -0.986. The Morgan fingerprint density at radius 3 is 2.81 bits per heavy atom. The minimum absolute atomic E-state index is 0.165. The lowest BCUT2D eigenvalue weighted by Gasteiger charge is -2.29. The molecule has 1 saturated heterocycles. The van der Waals surface area contributed by atoms with Crippen LogP contribution in [0.3, 0.4) is 0 Å². The number of hydrogen-bond acceptors (Lipinski definition) is 5. The number of nitrogens with zero attached hydrogens (tertiary/aromatic N) is 4. The second-order valence-corrected chi connectivity index (χ2v) is 4.95. The van der Waals surface area contributed by atoms with Gasteiger partial charge in [0.25, 0.3) is 0 Å². The molecule has 2 rings (SSSR count). The topological polar surface area (TPSA) is 102 Å². The normalized spacial score (nSPS) is 17.9. The number of ether oxygens (including phenoxy) is 1. The predicted octanol–water partition coefficient (Wildman–Crippen LogP) is 1.62. The molecular formula is C14H20N4O3. The number of rotatable bonds is 6. The Labute approximate surface area is 123 Å². The number of aliphatic hydroxyl groups excluding tert-OH is 2. The summed E-state index contributed by atoms with van der Waals surface area (Å²) in [6, 6.07) is 7.51. The Bertz CT molecular complexity index is 499. The molecule has 0 spiro atoms. The third-order valence-corrected chi connectivity index (χ3v) is 3.54. The van der Waals surface area contributed by atoms with E-state index in [1.54, 1.807) is 6.07 Å². The summed E-state index contributed by atoms with van der Waals surface area (Å²) in [6.07, 6.45) is -1.71. The lowest BCUT2D eigenvalue weighted by molar-refractivity contribution is 0.0150. The SMILES string of the molecule is [N-]=[N+]=NCCC(O)C(O)c1cccc(N2CCOCC2)c1. The van der Waals surface area contributed by atoms with Crippen molar-refractivity contribution in [3.63, 3.8) is 0 Å². The van der Waals surface area contributed by atoms with Gasteiger partial charge < -0.3 is 19.8 Å². The van der Waals surface area contributed by atoms with Gasteiger partial charge in [0.15, 0.2) is 0 Å². The van der Waals surface area contributed by atoms with Gasteiger partial charge in [-0.05, 0) is 29.6 Å². The summed E-state index contributed by atoms with van der Waals surface area (Å²) >= 11 is 0. The van der Waals surface area contributed by atoms with Gasteiger partial charge in [0.05, 0.1) is 19.3 Å². The molecule has 0 radical (unpaired) electrons. The first-order valence-electron chi connectivity index (χ1n) is 7.02. The Morgan fingerprint density at radius 2 is 2.10 bits per heavy atom. The van der Waals surface area contributed by atoms with E-state index in [9.17, 15) is 10.2 Å². The molecule has 1 aromatic carbocycles. The molecule has 0 amide bonds. The van der Waals surface area contributed by atoms with Crippen molar-refractivity contribution in [1.29, 1.82) is 0 Å². The molecule has 21 heavy (non-hydrogen) atoms. The van der Waals surface area contributed by atoms with E-state index < -0.39 is 12.2 Å². The summed E-state index contributed by atoms with van der Waals surface area (Å²) in [5.41, 5.74) is 9.88. The third kappa shape index (κ3) is 4.34. The molecule has 0 saturated carbocycles. The van der Waals surface area contributed by atoms with Gasteiger partial charge >= 0.3 is 0 Å². The van der Waals surface area contributed by atoms with E-state index in [-0.39, 0.29) is 13.0 Å². The fraction of sp³-hybridized carbons (Fsp3) is 0.571. The van der Waals surface area contributed by atoms with E-state index in [4.69, 9.17) is 10.3 Å². The number of anilines is 1. The largest absolute Gasteiger partial charge is 0.390 e. The van der Waals surface area contributed by atoms with Gasteiger partial charge in [0, 0.05) is 30.2 Å². The van der Waals surface area contributed by atoms with Crippen molar-refractivity contribution in [1.82, 2.24) is 0 Å². The number of morpholine rings is 1. The molecule has 0 aliphatic carbocycles. The second-order valence-electron chi connectivity index (χ2n) is 4.95. The summed E-state index contributed by atoms with van der Waals surface area (Å²) < 4.78 is 5.32. The zero-order chi connectivity index (χ0) is 15.1. The maximum Gasteiger partial charge on any atom is 0.105 e. The highest BCUT2D eigenvalue weighted by atomic mass is 16.5. The van der Waals surface area contributed by atoms with Crippen LogP contribution in [0.4, 0.5) is 5.69 Å². The van der Waals surface area contributed by atoms with Crippen LogP contribution in [0.1, 0.15) is 18.1 Å². The van der Waals surface area contributed by atoms with Gasteiger partial charge in [-0.2, -0.15) is 0 Å². The Hall–Kier alpha value is -1.79. The fourth-order valence-electron chi connectivity index (χ4n) is 2.34. The first-order valence-corrected chi connectivity index (χ1v) is 7.02. The van der Waals surface area contributed by atoms with Crippen molar-refractivity contribution >= 4 is 5.69 Å². The van der Waals surface area contributed by atoms with Crippen LogP contribution in [0.5, 0.6) is 0 Å². The Morgan fingerprint density at radius 1 is 1.33 bits per heavy atom. The molecule has 1 aromatic rings. The molecule has 7 nitrogen and oxygen atoms in total. The van der Waals surface area contributed by atoms with Crippen molar-refractivity contribution in [3.05, 3.63) is 40.3 Å². The maximum atomic E-state index is 10.2.